The lowest BCUT2D eigenvalue weighted by Gasteiger charge is -2.30. The highest BCUT2D eigenvalue weighted by Crippen LogP contribution is 2.24. The third-order valence-corrected chi connectivity index (χ3v) is 7.34. The number of nitrogens with one attached hydrogen (secondary N) is 1. The van der Waals surface area contributed by atoms with Gasteiger partial charge in [0, 0.05) is 31.6 Å². The van der Waals surface area contributed by atoms with Gasteiger partial charge in [-0.2, -0.15) is 0 Å². The van der Waals surface area contributed by atoms with Gasteiger partial charge in [0.15, 0.2) is 0 Å². The number of methoxy groups -OCH3 is 2. The molecule has 0 aliphatic rings. The summed E-state index contributed by atoms with van der Waals surface area (Å²) in [5, 5.41) is 2.94. The molecule has 2 rings (SSSR count). The van der Waals surface area contributed by atoms with E-state index in [-0.39, 0.29) is 43.8 Å². The quantitative estimate of drug-likeness (QED) is 0.398. The molecule has 0 aliphatic heterocycles. The van der Waals surface area contributed by atoms with E-state index in [0.29, 0.717) is 17.2 Å². The van der Waals surface area contributed by atoms with Gasteiger partial charge in [-0.25, -0.2) is 8.42 Å². The molecule has 37 heavy (non-hydrogen) atoms. The molecular formula is C27H39N3O6S. The number of ether oxygens (including phenoxy) is 2. The number of rotatable bonds is 14. The summed E-state index contributed by atoms with van der Waals surface area (Å²) in [5.41, 5.74) is 1.29. The Morgan fingerprint density at radius 2 is 1.62 bits per heavy atom. The molecule has 2 amide bonds. The smallest absolute Gasteiger partial charge is 0.242 e. The molecule has 0 spiro atoms. The first-order chi connectivity index (χ1) is 17.5. The Morgan fingerprint density at radius 3 is 2.22 bits per heavy atom. The summed E-state index contributed by atoms with van der Waals surface area (Å²) in [6.07, 6.45) is 2.25. The van der Waals surface area contributed by atoms with Crippen LogP contribution in [0.4, 0.5) is 5.69 Å². The first-order valence-corrected chi connectivity index (χ1v) is 14.2. The van der Waals surface area contributed by atoms with Crippen LogP contribution in [0.1, 0.15) is 45.6 Å². The lowest BCUT2D eigenvalue weighted by molar-refractivity contribution is -0.140. The summed E-state index contributed by atoms with van der Waals surface area (Å²) in [5.74, 6) is 0.713. The molecule has 2 aromatic carbocycles. The van der Waals surface area contributed by atoms with Crippen molar-refractivity contribution in [3.05, 3.63) is 54.1 Å². The van der Waals surface area contributed by atoms with Crippen LogP contribution < -0.4 is 19.1 Å². The van der Waals surface area contributed by atoms with E-state index in [9.17, 15) is 18.0 Å². The summed E-state index contributed by atoms with van der Waals surface area (Å²) in [4.78, 5) is 27.8. The number of benzene rings is 2. The molecule has 1 N–H and O–H groups in total. The van der Waals surface area contributed by atoms with E-state index in [0.717, 1.165) is 18.2 Å². The third kappa shape index (κ3) is 8.96. The zero-order valence-corrected chi connectivity index (χ0v) is 23.4. The Morgan fingerprint density at radius 1 is 1.00 bits per heavy atom. The topological polar surface area (TPSA) is 105 Å². The minimum atomic E-state index is -3.59. The molecular weight excluding hydrogens is 494 g/mol. The monoisotopic (exact) mass is 533 g/mol. The summed E-state index contributed by atoms with van der Waals surface area (Å²) in [7, 11) is -0.507. The fourth-order valence-electron chi connectivity index (χ4n) is 3.79. The number of amides is 2. The van der Waals surface area contributed by atoms with Gasteiger partial charge >= 0.3 is 0 Å². The number of anilines is 1. The highest BCUT2D eigenvalue weighted by atomic mass is 32.2. The van der Waals surface area contributed by atoms with Gasteiger partial charge in [-0.3, -0.25) is 13.9 Å². The molecule has 0 heterocycles. The maximum atomic E-state index is 13.4. The van der Waals surface area contributed by atoms with E-state index >= 15 is 0 Å². The Hall–Kier alpha value is -3.27. The maximum absolute atomic E-state index is 13.4. The molecule has 0 unspecified atom stereocenters. The van der Waals surface area contributed by atoms with Gasteiger partial charge in [0.1, 0.15) is 17.5 Å². The van der Waals surface area contributed by atoms with Crippen molar-refractivity contribution in [2.24, 2.45) is 0 Å². The second-order valence-electron chi connectivity index (χ2n) is 9.01. The van der Waals surface area contributed by atoms with Crippen molar-refractivity contribution in [3.8, 4) is 11.5 Å². The van der Waals surface area contributed by atoms with Crippen LogP contribution in [0.5, 0.6) is 11.5 Å². The van der Waals surface area contributed by atoms with Crippen molar-refractivity contribution >= 4 is 27.5 Å². The summed E-state index contributed by atoms with van der Waals surface area (Å²) < 4.78 is 36.8. The second-order valence-corrected chi connectivity index (χ2v) is 10.9. The van der Waals surface area contributed by atoms with E-state index in [1.807, 2.05) is 38.1 Å². The van der Waals surface area contributed by atoms with Crippen LogP contribution in [0, 0.1) is 0 Å². The third-order valence-electron chi connectivity index (χ3n) is 6.15. The minimum Gasteiger partial charge on any atom is -0.497 e. The molecule has 2 aromatic rings. The van der Waals surface area contributed by atoms with Crippen molar-refractivity contribution in [3.63, 3.8) is 0 Å². The molecule has 204 valence electrons. The summed E-state index contributed by atoms with van der Waals surface area (Å²) >= 11 is 0. The van der Waals surface area contributed by atoms with Crippen LogP contribution in [0.25, 0.3) is 0 Å². The molecule has 0 fully saturated rings. The minimum absolute atomic E-state index is 0.0186. The average Bonchev–Trinajstić information content (AvgIpc) is 2.88. The fraction of sp³-hybridized carbons (Fsp3) is 0.481. The average molecular weight is 534 g/mol. The molecule has 0 saturated heterocycles. The zero-order chi connectivity index (χ0) is 27.6. The number of hydrogen-bond acceptors (Lipinski definition) is 6. The Kier molecular flexibility index (Phi) is 11.2. The molecule has 0 saturated carbocycles. The highest BCUT2D eigenvalue weighted by Gasteiger charge is 2.27. The van der Waals surface area contributed by atoms with Gasteiger partial charge in [-0.1, -0.05) is 25.1 Å². The van der Waals surface area contributed by atoms with Crippen LogP contribution in [0.15, 0.2) is 48.5 Å². The number of hydrogen-bond donors (Lipinski definition) is 1. The van der Waals surface area contributed by atoms with Crippen molar-refractivity contribution in [2.45, 2.75) is 58.7 Å². The van der Waals surface area contributed by atoms with E-state index in [1.165, 1.54) is 16.3 Å². The molecule has 0 bridgehead atoms. The first-order valence-electron chi connectivity index (χ1n) is 12.3. The predicted molar refractivity (Wildman–Crippen MR) is 145 cm³/mol. The maximum Gasteiger partial charge on any atom is 0.242 e. The molecule has 0 radical (unpaired) electrons. The van der Waals surface area contributed by atoms with Gasteiger partial charge in [0.25, 0.3) is 0 Å². The van der Waals surface area contributed by atoms with Gasteiger partial charge in [-0.05, 0) is 56.5 Å². The molecule has 0 aromatic heterocycles. The molecule has 9 nitrogen and oxygen atoms in total. The number of carbonyl (C=O) groups excluding carboxylic acids is 2. The fourth-order valence-corrected chi connectivity index (χ4v) is 4.74. The largest absolute Gasteiger partial charge is 0.497 e. The SMILES string of the molecule is CC[C@H](C)NC(=O)[C@H](C)N(Cc1cccc(OC)c1)C(=O)CCCN(c1cccc(OC)c1)S(C)(=O)=O. The standard InChI is InChI=1S/C27H39N3O6S/c1-7-20(2)28-27(32)21(3)29(19-22-11-8-13-24(17-22)35-4)26(31)15-10-16-30(37(6,33)34)23-12-9-14-25(18-23)36-5/h8-9,11-14,17-18,20-21H,7,10,15-16,19H2,1-6H3,(H,28,32)/t20-,21-/m0/s1. The van der Waals surface area contributed by atoms with Crippen LogP contribution in [-0.4, -0.2) is 64.2 Å². The molecule has 10 heteroatoms. The Balaban J connectivity index is 2.20. The normalized spacial score (nSPS) is 12.8. The van der Waals surface area contributed by atoms with Crippen LogP contribution in [0.2, 0.25) is 0 Å². The van der Waals surface area contributed by atoms with Gasteiger partial charge in [-0.15, -0.1) is 0 Å². The molecule has 2 atom stereocenters. The van der Waals surface area contributed by atoms with Gasteiger partial charge < -0.3 is 19.7 Å². The number of carbonyl (C=O) groups is 2. The second kappa shape index (κ2) is 13.9. The van der Waals surface area contributed by atoms with E-state index < -0.39 is 16.1 Å². The summed E-state index contributed by atoms with van der Waals surface area (Å²) in [6, 6.07) is 13.4. The lowest BCUT2D eigenvalue weighted by Crippen LogP contribution is -2.49. The number of nitrogens with zero attached hydrogens (tertiary/aromatic N) is 2. The zero-order valence-electron chi connectivity index (χ0n) is 22.6. The van der Waals surface area contributed by atoms with E-state index in [4.69, 9.17) is 9.47 Å². The van der Waals surface area contributed by atoms with Crippen molar-refractivity contribution < 1.29 is 27.5 Å². The van der Waals surface area contributed by atoms with Gasteiger partial charge in [0.2, 0.25) is 21.8 Å². The van der Waals surface area contributed by atoms with Crippen LogP contribution >= 0.6 is 0 Å². The Bertz CT molecular complexity index is 1150. The first kappa shape index (κ1) is 30.0. The Labute approximate surface area is 220 Å². The number of sulfonamides is 1. The van der Waals surface area contributed by atoms with E-state index in [1.54, 1.807) is 38.3 Å². The summed E-state index contributed by atoms with van der Waals surface area (Å²) in [6.45, 7) is 5.92. The van der Waals surface area contributed by atoms with Crippen molar-refractivity contribution in [1.82, 2.24) is 10.2 Å². The van der Waals surface area contributed by atoms with Crippen molar-refractivity contribution in [2.75, 3.05) is 31.3 Å². The van der Waals surface area contributed by atoms with Gasteiger partial charge in [0.05, 0.1) is 26.2 Å². The lowest BCUT2D eigenvalue weighted by atomic mass is 10.1. The van der Waals surface area contributed by atoms with Crippen LogP contribution in [0.3, 0.4) is 0 Å². The molecule has 0 aliphatic carbocycles. The predicted octanol–water partition coefficient (Wildman–Crippen LogP) is 3.58. The highest BCUT2D eigenvalue weighted by molar-refractivity contribution is 7.92. The van der Waals surface area contributed by atoms with Crippen molar-refractivity contribution in [1.29, 1.82) is 0 Å². The van der Waals surface area contributed by atoms with Crippen LogP contribution in [-0.2, 0) is 26.2 Å². The van der Waals surface area contributed by atoms with E-state index in [2.05, 4.69) is 5.32 Å².